The Hall–Kier alpha value is -1.27. The molecule has 2 atom stereocenters. The number of fused-ring (bicyclic) bond motifs is 1. The van der Waals surface area contributed by atoms with Gasteiger partial charge in [-0.25, -0.2) is 0 Å². The van der Waals surface area contributed by atoms with Gasteiger partial charge in [0.25, 0.3) is 0 Å². The van der Waals surface area contributed by atoms with E-state index < -0.39 is 12.1 Å². The molecule has 126 valence electrons. The van der Waals surface area contributed by atoms with Crippen molar-refractivity contribution < 1.29 is 9.90 Å². The van der Waals surface area contributed by atoms with Crippen LogP contribution < -0.4 is 11.1 Å². The molecule has 2 rings (SSSR count). The Kier molecular flexibility index (Phi) is 8.41. The average molecular weight is 355 g/mol. The van der Waals surface area contributed by atoms with Crippen molar-refractivity contribution in [3.63, 3.8) is 0 Å². The van der Waals surface area contributed by atoms with E-state index in [0.717, 1.165) is 22.1 Å². The summed E-state index contributed by atoms with van der Waals surface area (Å²) in [7, 11) is 0. The predicted octanol–water partition coefficient (Wildman–Crippen LogP) is 2.49. The van der Waals surface area contributed by atoms with Gasteiger partial charge < -0.3 is 16.2 Å². The number of hydrogen-bond acceptors (Lipinski definition) is 4. The maximum absolute atomic E-state index is 11.8. The Morgan fingerprint density at radius 2 is 1.96 bits per heavy atom. The average Bonchev–Trinajstić information content (AvgIpc) is 2.56. The smallest absolute Gasteiger partial charge is 0.237 e. The second-order valence-corrected chi connectivity index (χ2v) is 6.24. The van der Waals surface area contributed by atoms with Crippen LogP contribution in [-0.4, -0.2) is 35.6 Å². The van der Waals surface area contributed by atoms with Crippen LogP contribution in [0.3, 0.4) is 0 Å². The molecule has 0 saturated heterocycles. The topological polar surface area (TPSA) is 75.4 Å². The Labute approximate surface area is 147 Å². The van der Waals surface area contributed by atoms with Gasteiger partial charge in [-0.05, 0) is 40.8 Å². The monoisotopic (exact) mass is 354 g/mol. The fourth-order valence-corrected chi connectivity index (χ4v) is 2.73. The van der Waals surface area contributed by atoms with Gasteiger partial charge in [-0.3, -0.25) is 4.79 Å². The van der Waals surface area contributed by atoms with Gasteiger partial charge in [0.15, 0.2) is 0 Å². The molecule has 0 spiro atoms. The number of rotatable bonds is 7. The molecule has 4 N–H and O–H groups in total. The van der Waals surface area contributed by atoms with Crippen molar-refractivity contribution in [1.29, 1.82) is 0 Å². The van der Waals surface area contributed by atoms with E-state index >= 15 is 0 Å². The van der Waals surface area contributed by atoms with E-state index in [0.29, 0.717) is 6.42 Å². The number of thioether (sulfide) groups is 1. The van der Waals surface area contributed by atoms with Gasteiger partial charge in [0.2, 0.25) is 5.91 Å². The van der Waals surface area contributed by atoms with Crippen LogP contribution in [-0.2, 0) is 4.79 Å². The molecule has 23 heavy (non-hydrogen) atoms. The first kappa shape index (κ1) is 19.8. The molecule has 0 radical (unpaired) electrons. The summed E-state index contributed by atoms with van der Waals surface area (Å²) in [6.07, 6.45) is 1.88. The Morgan fingerprint density at radius 1 is 1.26 bits per heavy atom. The number of benzene rings is 2. The van der Waals surface area contributed by atoms with Gasteiger partial charge in [0.1, 0.15) is 0 Å². The summed E-state index contributed by atoms with van der Waals surface area (Å²) < 4.78 is 0. The zero-order valence-corrected chi connectivity index (χ0v) is 14.7. The fraction of sp³-hybridized carbons (Fsp3) is 0.353. The molecule has 4 nitrogen and oxygen atoms in total. The second-order valence-electron chi connectivity index (χ2n) is 5.26. The summed E-state index contributed by atoms with van der Waals surface area (Å²) >= 11 is 1.66. The van der Waals surface area contributed by atoms with Crippen LogP contribution in [0.5, 0.6) is 0 Å². The zero-order chi connectivity index (χ0) is 15.9. The Bertz CT molecular complexity index is 639. The van der Waals surface area contributed by atoms with Gasteiger partial charge in [-0.15, -0.1) is 12.4 Å². The molecule has 1 unspecified atom stereocenters. The van der Waals surface area contributed by atoms with Crippen LogP contribution in [0.15, 0.2) is 42.5 Å². The summed E-state index contributed by atoms with van der Waals surface area (Å²) in [5.74, 6) is 0.635. The number of hydrogen-bond donors (Lipinski definition) is 3. The van der Waals surface area contributed by atoms with Crippen molar-refractivity contribution in [2.75, 3.05) is 18.6 Å². The van der Waals surface area contributed by atoms with Crippen LogP contribution in [0.1, 0.15) is 18.1 Å². The lowest BCUT2D eigenvalue weighted by Crippen LogP contribution is -2.42. The molecule has 0 saturated carbocycles. The number of aliphatic hydroxyl groups is 1. The molecular weight excluding hydrogens is 332 g/mol. The van der Waals surface area contributed by atoms with Gasteiger partial charge in [-0.1, -0.05) is 36.4 Å². The van der Waals surface area contributed by atoms with Crippen LogP contribution in [0.4, 0.5) is 0 Å². The summed E-state index contributed by atoms with van der Waals surface area (Å²) in [6.45, 7) is 0.171. The van der Waals surface area contributed by atoms with Crippen molar-refractivity contribution >= 4 is 40.8 Å². The number of carbonyl (C=O) groups excluding carboxylic acids is 1. The van der Waals surface area contributed by atoms with Gasteiger partial charge >= 0.3 is 0 Å². The predicted molar refractivity (Wildman–Crippen MR) is 100 cm³/mol. The highest BCUT2D eigenvalue weighted by Gasteiger charge is 2.15. The van der Waals surface area contributed by atoms with Crippen LogP contribution in [0, 0.1) is 0 Å². The third kappa shape index (κ3) is 5.70. The first-order valence-corrected chi connectivity index (χ1v) is 8.70. The lowest BCUT2D eigenvalue weighted by atomic mass is 10.0. The molecule has 0 aliphatic heterocycles. The number of amides is 1. The van der Waals surface area contributed by atoms with E-state index in [1.54, 1.807) is 11.8 Å². The highest BCUT2D eigenvalue weighted by Crippen LogP contribution is 2.20. The highest BCUT2D eigenvalue weighted by molar-refractivity contribution is 7.98. The molecule has 0 aliphatic carbocycles. The molecule has 0 bridgehead atoms. The van der Waals surface area contributed by atoms with Crippen molar-refractivity contribution in [1.82, 2.24) is 5.32 Å². The Balaban J connectivity index is 0.00000264. The number of nitrogens with one attached hydrogen (secondary N) is 1. The molecule has 0 fully saturated rings. The van der Waals surface area contributed by atoms with Crippen LogP contribution >= 0.6 is 24.2 Å². The van der Waals surface area contributed by atoms with E-state index in [1.807, 2.05) is 48.7 Å². The number of carbonyl (C=O) groups is 1. The van der Waals surface area contributed by atoms with Crippen molar-refractivity contribution in [3.05, 3.63) is 48.0 Å². The van der Waals surface area contributed by atoms with E-state index in [-0.39, 0.29) is 24.9 Å². The lowest BCUT2D eigenvalue weighted by Gasteiger charge is -2.15. The first-order valence-electron chi connectivity index (χ1n) is 7.31. The van der Waals surface area contributed by atoms with Crippen molar-refractivity contribution in [3.8, 4) is 0 Å². The second kappa shape index (κ2) is 9.78. The number of aliphatic hydroxyl groups excluding tert-OH is 1. The molecule has 0 aromatic heterocycles. The molecule has 1 amide bonds. The standard InChI is InChI=1S/C17H22N2O2S.ClH/c1-22-9-8-15(18)17(21)19-11-16(20)14-7-6-12-4-2-3-5-13(12)10-14;/h2-7,10,15-16,20H,8-9,11,18H2,1H3,(H,19,21);1H/t15-,16?;/m0./s1. The zero-order valence-electron chi connectivity index (χ0n) is 13.1. The quantitative estimate of drug-likeness (QED) is 0.714. The molecule has 0 heterocycles. The highest BCUT2D eigenvalue weighted by atomic mass is 35.5. The minimum atomic E-state index is -0.735. The third-order valence-electron chi connectivity index (χ3n) is 3.60. The largest absolute Gasteiger partial charge is 0.387 e. The molecule has 2 aromatic carbocycles. The summed E-state index contributed by atoms with van der Waals surface area (Å²) in [5.41, 5.74) is 6.58. The van der Waals surface area contributed by atoms with Crippen molar-refractivity contribution in [2.45, 2.75) is 18.6 Å². The van der Waals surface area contributed by atoms with Crippen LogP contribution in [0.2, 0.25) is 0 Å². The minimum absolute atomic E-state index is 0. The summed E-state index contributed by atoms with van der Waals surface area (Å²) in [6, 6.07) is 13.3. The maximum Gasteiger partial charge on any atom is 0.237 e. The molecular formula is C17H23ClN2O2S. The number of nitrogens with two attached hydrogens (primary N) is 1. The van der Waals surface area contributed by atoms with Crippen molar-refractivity contribution in [2.24, 2.45) is 5.73 Å². The van der Waals surface area contributed by atoms with Gasteiger partial charge in [-0.2, -0.15) is 11.8 Å². The van der Waals surface area contributed by atoms with Gasteiger partial charge in [0, 0.05) is 6.54 Å². The van der Waals surface area contributed by atoms with E-state index in [1.165, 1.54) is 0 Å². The SMILES string of the molecule is CSCC[C@H](N)C(=O)NCC(O)c1ccc2ccccc2c1.Cl. The van der Waals surface area contributed by atoms with Crippen LogP contribution in [0.25, 0.3) is 10.8 Å². The minimum Gasteiger partial charge on any atom is -0.387 e. The van der Waals surface area contributed by atoms with E-state index in [4.69, 9.17) is 5.73 Å². The molecule has 6 heteroatoms. The summed E-state index contributed by atoms with van der Waals surface area (Å²) in [4.78, 5) is 11.8. The number of halogens is 1. The maximum atomic E-state index is 11.8. The van der Waals surface area contributed by atoms with E-state index in [2.05, 4.69) is 5.32 Å². The molecule has 2 aromatic rings. The summed E-state index contributed by atoms with van der Waals surface area (Å²) in [5, 5.41) is 15.1. The lowest BCUT2D eigenvalue weighted by molar-refractivity contribution is -0.122. The van der Waals surface area contributed by atoms with Gasteiger partial charge in [0.05, 0.1) is 12.1 Å². The third-order valence-corrected chi connectivity index (χ3v) is 4.24. The fourth-order valence-electron chi connectivity index (χ4n) is 2.24. The first-order chi connectivity index (χ1) is 10.6. The Morgan fingerprint density at radius 3 is 2.65 bits per heavy atom. The normalized spacial score (nSPS) is 13.2. The van der Waals surface area contributed by atoms with E-state index in [9.17, 15) is 9.90 Å². The molecule has 0 aliphatic rings.